The first-order valence-electron chi connectivity index (χ1n) is 5.64. The molecule has 102 valence electrons. The van der Waals surface area contributed by atoms with Gasteiger partial charge in [-0.3, -0.25) is 14.8 Å². The number of hydrogen-bond donors (Lipinski definition) is 2. The Morgan fingerprint density at radius 3 is 2.80 bits per heavy atom. The van der Waals surface area contributed by atoms with E-state index in [9.17, 15) is 14.0 Å². The van der Waals surface area contributed by atoms with Gasteiger partial charge < -0.3 is 10.4 Å². The lowest BCUT2D eigenvalue weighted by molar-refractivity contribution is 0.0696. The fourth-order valence-corrected chi connectivity index (χ4v) is 1.53. The molecule has 0 aromatic carbocycles. The number of hydrogen-bond acceptors (Lipinski definition) is 4. The van der Waals surface area contributed by atoms with E-state index in [4.69, 9.17) is 5.11 Å². The van der Waals surface area contributed by atoms with Crippen LogP contribution in [0, 0.1) is 5.82 Å². The predicted octanol–water partition coefficient (Wildman–Crippen LogP) is 1.24. The van der Waals surface area contributed by atoms with E-state index in [2.05, 4.69) is 15.3 Å². The van der Waals surface area contributed by atoms with Gasteiger partial charge in [0.25, 0.3) is 5.91 Å². The standard InChI is InChI=1S/C13H10FN3O3/c14-11-7-15-3-2-10(11)12(18)17-6-9-5-8(13(19)20)1-4-16-9/h1-5,7H,6H2,(H,17,18)(H,19,20). The SMILES string of the molecule is O=C(O)c1ccnc(CNC(=O)c2ccncc2F)c1. The molecular weight excluding hydrogens is 265 g/mol. The monoisotopic (exact) mass is 275 g/mol. The Morgan fingerprint density at radius 1 is 1.30 bits per heavy atom. The van der Waals surface area contributed by atoms with Crippen LogP contribution in [0.4, 0.5) is 4.39 Å². The minimum Gasteiger partial charge on any atom is -0.478 e. The van der Waals surface area contributed by atoms with Crippen LogP contribution < -0.4 is 5.32 Å². The number of carbonyl (C=O) groups excluding carboxylic acids is 1. The Labute approximate surface area is 113 Å². The van der Waals surface area contributed by atoms with E-state index in [0.717, 1.165) is 6.20 Å². The number of pyridine rings is 2. The van der Waals surface area contributed by atoms with Gasteiger partial charge in [-0.05, 0) is 18.2 Å². The first-order chi connectivity index (χ1) is 9.58. The highest BCUT2D eigenvalue weighted by atomic mass is 19.1. The van der Waals surface area contributed by atoms with Crippen molar-refractivity contribution in [1.29, 1.82) is 0 Å². The van der Waals surface area contributed by atoms with Crippen LogP contribution in [0.5, 0.6) is 0 Å². The molecule has 0 unspecified atom stereocenters. The maximum Gasteiger partial charge on any atom is 0.335 e. The van der Waals surface area contributed by atoms with Crippen molar-refractivity contribution in [3.8, 4) is 0 Å². The summed E-state index contributed by atoms with van der Waals surface area (Å²) < 4.78 is 13.3. The van der Waals surface area contributed by atoms with Gasteiger partial charge in [0.2, 0.25) is 0 Å². The number of carbonyl (C=O) groups is 2. The van der Waals surface area contributed by atoms with Crippen molar-refractivity contribution in [3.63, 3.8) is 0 Å². The Balaban J connectivity index is 2.06. The number of carboxylic acid groups (broad SMARTS) is 1. The van der Waals surface area contributed by atoms with Gasteiger partial charge in [-0.1, -0.05) is 0 Å². The molecule has 0 bridgehead atoms. The minimum atomic E-state index is -1.08. The van der Waals surface area contributed by atoms with Gasteiger partial charge in [0, 0.05) is 12.4 Å². The van der Waals surface area contributed by atoms with Gasteiger partial charge in [-0.2, -0.15) is 0 Å². The van der Waals surface area contributed by atoms with Crippen molar-refractivity contribution >= 4 is 11.9 Å². The van der Waals surface area contributed by atoms with Crippen LogP contribution >= 0.6 is 0 Å². The van der Waals surface area contributed by atoms with Crippen LogP contribution in [0.3, 0.4) is 0 Å². The number of nitrogens with zero attached hydrogens (tertiary/aromatic N) is 2. The first-order valence-corrected chi connectivity index (χ1v) is 5.64. The summed E-state index contributed by atoms with van der Waals surface area (Å²) >= 11 is 0. The molecule has 2 aromatic rings. The van der Waals surface area contributed by atoms with Gasteiger partial charge in [0.05, 0.1) is 29.6 Å². The molecule has 0 aliphatic rings. The third-order valence-electron chi connectivity index (χ3n) is 2.51. The molecule has 6 nitrogen and oxygen atoms in total. The second-order valence-electron chi connectivity index (χ2n) is 3.88. The first kappa shape index (κ1) is 13.6. The van der Waals surface area contributed by atoms with Crippen LogP contribution in [0.15, 0.2) is 36.8 Å². The zero-order valence-corrected chi connectivity index (χ0v) is 10.2. The number of amides is 1. The molecule has 2 rings (SSSR count). The molecule has 0 spiro atoms. The van der Waals surface area contributed by atoms with Gasteiger partial charge in [0.15, 0.2) is 5.82 Å². The molecule has 2 aromatic heterocycles. The molecule has 2 N–H and O–H groups in total. The molecule has 0 saturated carbocycles. The Kier molecular flexibility index (Phi) is 3.99. The molecule has 1 amide bonds. The van der Waals surface area contributed by atoms with Crippen molar-refractivity contribution in [1.82, 2.24) is 15.3 Å². The summed E-state index contributed by atoms with van der Waals surface area (Å²) in [5, 5.41) is 11.3. The number of rotatable bonds is 4. The topological polar surface area (TPSA) is 92.2 Å². The molecule has 20 heavy (non-hydrogen) atoms. The van der Waals surface area contributed by atoms with Crippen LogP contribution in [0.1, 0.15) is 26.4 Å². The van der Waals surface area contributed by atoms with Crippen LogP contribution in [-0.4, -0.2) is 27.0 Å². The van der Waals surface area contributed by atoms with Gasteiger partial charge in [-0.15, -0.1) is 0 Å². The maximum atomic E-state index is 13.3. The highest BCUT2D eigenvalue weighted by Crippen LogP contribution is 2.05. The van der Waals surface area contributed by atoms with E-state index in [0.29, 0.717) is 5.69 Å². The van der Waals surface area contributed by atoms with Crippen LogP contribution in [0.25, 0.3) is 0 Å². The lowest BCUT2D eigenvalue weighted by atomic mass is 10.2. The molecule has 2 heterocycles. The number of nitrogens with one attached hydrogen (secondary N) is 1. The summed E-state index contributed by atoms with van der Waals surface area (Å²) in [6, 6.07) is 3.94. The average Bonchev–Trinajstić information content (AvgIpc) is 2.45. The Morgan fingerprint density at radius 2 is 2.10 bits per heavy atom. The maximum absolute atomic E-state index is 13.3. The summed E-state index contributed by atoms with van der Waals surface area (Å²) in [5.41, 5.74) is 0.307. The van der Waals surface area contributed by atoms with Crippen molar-refractivity contribution in [2.75, 3.05) is 0 Å². The number of aromatic carboxylic acids is 1. The summed E-state index contributed by atoms with van der Waals surface area (Å²) in [5.74, 6) is -2.43. The second-order valence-corrected chi connectivity index (χ2v) is 3.88. The van der Waals surface area contributed by atoms with Crippen molar-refractivity contribution in [2.45, 2.75) is 6.54 Å². The highest BCUT2D eigenvalue weighted by Gasteiger charge is 2.11. The smallest absolute Gasteiger partial charge is 0.335 e. The average molecular weight is 275 g/mol. The Bertz CT molecular complexity index is 661. The van der Waals surface area contributed by atoms with Gasteiger partial charge in [-0.25, -0.2) is 9.18 Å². The molecule has 0 fully saturated rings. The molecule has 0 radical (unpaired) electrons. The third kappa shape index (κ3) is 3.14. The number of carboxylic acids is 1. The van der Waals surface area contributed by atoms with Crippen molar-refractivity contribution in [3.05, 3.63) is 59.4 Å². The zero-order chi connectivity index (χ0) is 14.5. The largest absolute Gasteiger partial charge is 0.478 e. The molecule has 0 aliphatic carbocycles. The van der Waals surface area contributed by atoms with E-state index in [1.807, 2.05) is 0 Å². The Hall–Kier alpha value is -2.83. The lowest BCUT2D eigenvalue weighted by Gasteiger charge is -2.06. The van der Waals surface area contributed by atoms with E-state index < -0.39 is 17.7 Å². The molecule has 0 saturated heterocycles. The van der Waals surface area contributed by atoms with E-state index in [1.54, 1.807) is 0 Å². The quantitative estimate of drug-likeness (QED) is 0.875. The predicted molar refractivity (Wildman–Crippen MR) is 66.6 cm³/mol. The molecule has 0 aliphatic heterocycles. The fraction of sp³-hybridized carbons (Fsp3) is 0.0769. The van der Waals surface area contributed by atoms with E-state index >= 15 is 0 Å². The fourth-order valence-electron chi connectivity index (χ4n) is 1.53. The summed E-state index contributed by atoms with van der Waals surface area (Å²) in [6.45, 7) is 0.00170. The van der Waals surface area contributed by atoms with Crippen LogP contribution in [-0.2, 0) is 6.54 Å². The molecular formula is C13H10FN3O3. The van der Waals surface area contributed by atoms with Gasteiger partial charge in [0.1, 0.15) is 0 Å². The lowest BCUT2D eigenvalue weighted by Crippen LogP contribution is -2.24. The summed E-state index contributed by atoms with van der Waals surface area (Å²) in [7, 11) is 0. The zero-order valence-electron chi connectivity index (χ0n) is 10.2. The van der Waals surface area contributed by atoms with Crippen molar-refractivity contribution < 1.29 is 19.1 Å². The molecule has 0 atom stereocenters. The molecule has 7 heteroatoms. The number of aromatic nitrogens is 2. The number of halogens is 1. The van der Waals surface area contributed by atoms with E-state index in [-0.39, 0.29) is 17.7 Å². The summed E-state index contributed by atoms with van der Waals surface area (Å²) in [4.78, 5) is 30.0. The van der Waals surface area contributed by atoms with Crippen LogP contribution in [0.2, 0.25) is 0 Å². The minimum absolute atomic E-state index is 0.00170. The van der Waals surface area contributed by atoms with Gasteiger partial charge >= 0.3 is 5.97 Å². The highest BCUT2D eigenvalue weighted by molar-refractivity contribution is 5.94. The second kappa shape index (κ2) is 5.87. The third-order valence-corrected chi connectivity index (χ3v) is 2.51. The van der Waals surface area contributed by atoms with Crippen molar-refractivity contribution in [2.24, 2.45) is 0 Å². The summed E-state index contributed by atoms with van der Waals surface area (Å²) in [6.07, 6.45) is 3.58. The normalized spacial score (nSPS) is 10.1. The van der Waals surface area contributed by atoms with E-state index in [1.165, 1.54) is 30.6 Å².